The number of hydrogen-bond donors (Lipinski definition) is 3. The lowest BCUT2D eigenvalue weighted by atomic mass is 9.41. The predicted molar refractivity (Wildman–Crippen MR) is 102 cm³/mol. The van der Waals surface area contributed by atoms with E-state index in [-0.39, 0.29) is 41.3 Å². The predicted octanol–water partition coefficient (Wildman–Crippen LogP) is 2.14. The maximum Gasteiger partial charge on any atom is 0.308 e. The Bertz CT molecular complexity index is 741. The molecule has 6 fully saturated rings. The Labute approximate surface area is 172 Å². The molecule has 6 aliphatic rings. The fourth-order valence-corrected chi connectivity index (χ4v) is 9.51. The average Bonchev–Trinajstić information content (AvgIpc) is 3.13. The number of carbonyl (C=O) groups excluding carboxylic acids is 1. The van der Waals surface area contributed by atoms with Crippen LogP contribution in [0.15, 0.2) is 0 Å². The average molecular weight is 407 g/mol. The van der Waals surface area contributed by atoms with E-state index >= 15 is 0 Å². The van der Waals surface area contributed by atoms with E-state index in [1.165, 1.54) is 0 Å². The lowest BCUT2D eigenvalue weighted by Gasteiger charge is -2.68. The minimum absolute atomic E-state index is 0.0313. The quantitative estimate of drug-likeness (QED) is 0.578. The zero-order valence-electron chi connectivity index (χ0n) is 17.3. The highest BCUT2D eigenvalue weighted by Gasteiger charge is 2.75. The second-order valence-corrected chi connectivity index (χ2v) is 11.3. The molecule has 6 rings (SSSR count). The van der Waals surface area contributed by atoms with E-state index < -0.39 is 23.4 Å². The first kappa shape index (κ1) is 19.0. The van der Waals surface area contributed by atoms with E-state index in [9.17, 15) is 20.1 Å². The number of esters is 1. The van der Waals surface area contributed by atoms with E-state index in [1.807, 2.05) is 0 Å². The van der Waals surface area contributed by atoms with Gasteiger partial charge in [-0.25, -0.2) is 0 Å². The number of hydrogen-bond acceptors (Lipinski definition) is 6. The molecule has 0 spiro atoms. The second-order valence-electron chi connectivity index (χ2n) is 11.3. The van der Waals surface area contributed by atoms with Crippen LogP contribution in [-0.4, -0.2) is 51.5 Å². The number of aliphatic hydroxyl groups excluding tert-OH is 2. The van der Waals surface area contributed by atoms with E-state index in [0.717, 1.165) is 32.1 Å². The summed E-state index contributed by atoms with van der Waals surface area (Å²) < 4.78 is 12.4. The molecule has 0 aromatic carbocycles. The zero-order valence-corrected chi connectivity index (χ0v) is 17.3. The summed E-state index contributed by atoms with van der Waals surface area (Å²) in [5.41, 5.74) is -1.86. The summed E-state index contributed by atoms with van der Waals surface area (Å²) in [6, 6.07) is 0. The number of fused-ring (bicyclic) bond motifs is 5. The van der Waals surface area contributed by atoms with Gasteiger partial charge in [0, 0.05) is 23.2 Å². The van der Waals surface area contributed by atoms with Gasteiger partial charge < -0.3 is 24.8 Å². The highest BCUT2D eigenvalue weighted by Crippen LogP contribution is 2.74. The monoisotopic (exact) mass is 406 g/mol. The van der Waals surface area contributed by atoms with Gasteiger partial charge in [0.2, 0.25) is 6.29 Å². The highest BCUT2D eigenvalue weighted by molar-refractivity contribution is 5.72. The van der Waals surface area contributed by atoms with Crippen LogP contribution < -0.4 is 0 Å². The summed E-state index contributed by atoms with van der Waals surface area (Å²) in [5.74, 6) is 0.935. The van der Waals surface area contributed by atoms with Gasteiger partial charge in [-0.2, -0.15) is 0 Å². The number of ether oxygens (including phenoxy) is 2. The fourth-order valence-electron chi connectivity index (χ4n) is 9.51. The van der Waals surface area contributed by atoms with Gasteiger partial charge >= 0.3 is 5.97 Å². The first-order valence-corrected chi connectivity index (χ1v) is 11.7. The summed E-state index contributed by atoms with van der Waals surface area (Å²) in [4.78, 5) is 12.0. The molecule has 0 unspecified atom stereocenters. The van der Waals surface area contributed by atoms with Crippen LogP contribution in [-0.2, 0) is 14.3 Å². The molecule has 2 heterocycles. The molecule has 0 amide bonds. The Kier molecular flexibility index (Phi) is 3.78. The molecule has 4 saturated carbocycles. The topological polar surface area (TPSA) is 96.2 Å². The van der Waals surface area contributed by atoms with Gasteiger partial charge in [-0.05, 0) is 69.1 Å². The molecule has 0 aromatic heterocycles. The molecule has 2 saturated heterocycles. The Hall–Kier alpha value is -0.690. The van der Waals surface area contributed by atoms with Crippen LogP contribution in [0.4, 0.5) is 0 Å². The molecule has 0 radical (unpaired) electrons. The first-order valence-electron chi connectivity index (χ1n) is 11.7. The van der Waals surface area contributed by atoms with Crippen LogP contribution in [0.3, 0.4) is 0 Å². The largest absolute Gasteiger partial charge is 0.435 e. The minimum atomic E-state index is -1.00. The molecule has 2 aliphatic heterocycles. The molecule has 0 aromatic rings. The molecule has 3 N–H and O–H groups in total. The summed E-state index contributed by atoms with van der Waals surface area (Å²) in [5, 5.41) is 32.5. The minimum Gasteiger partial charge on any atom is -0.435 e. The molecule has 29 heavy (non-hydrogen) atoms. The Morgan fingerprint density at radius 2 is 1.79 bits per heavy atom. The molecule has 6 heteroatoms. The Morgan fingerprint density at radius 3 is 2.59 bits per heavy atom. The SMILES string of the molecule is C[C@]12CC[C@H]3[C@@H](CC[C@@]4(O)C[C@@H](O)CC[C@]34CO)[C@]13CC[C@@H]2[C@H]1CC(=O)O[C@H]1O3. The Morgan fingerprint density at radius 1 is 1.03 bits per heavy atom. The van der Waals surface area contributed by atoms with Gasteiger partial charge in [0.25, 0.3) is 0 Å². The molecule has 6 nitrogen and oxygen atoms in total. The van der Waals surface area contributed by atoms with Crippen molar-refractivity contribution in [2.75, 3.05) is 6.61 Å². The number of carbonyl (C=O) groups is 1. The molecule has 162 valence electrons. The number of rotatable bonds is 1. The lowest BCUT2D eigenvalue weighted by Crippen LogP contribution is -2.71. The summed E-state index contributed by atoms with van der Waals surface area (Å²) >= 11 is 0. The summed E-state index contributed by atoms with van der Waals surface area (Å²) in [7, 11) is 0. The van der Waals surface area contributed by atoms with Crippen molar-refractivity contribution in [3.8, 4) is 0 Å². The third-order valence-corrected chi connectivity index (χ3v) is 10.8. The fraction of sp³-hybridized carbons (Fsp3) is 0.957. The molecule has 10 atom stereocenters. The van der Waals surface area contributed by atoms with Crippen molar-refractivity contribution in [3.05, 3.63) is 0 Å². The van der Waals surface area contributed by atoms with Gasteiger partial charge in [-0.15, -0.1) is 0 Å². The normalized spacial score (nSPS) is 60.6. The van der Waals surface area contributed by atoms with Gasteiger partial charge in [-0.3, -0.25) is 4.79 Å². The van der Waals surface area contributed by atoms with Gasteiger partial charge in [0.15, 0.2) is 0 Å². The van der Waals surface area contributed by atoms with E-state index in [1.54, 1.807) is 0 Å². The number of aliphatic hydroxyl groups is 3. The highest BCUT2D eigenvalue weighted by atomic mass is 16.7. The zero-order chi connectivity index (χ0) is 20.2. The van der Waals surface area contributed by atoms with Crippen molar-refractivity contribution in [1.82, 2.24) is 0 Å². The summed E-state index contributed by atoms with van der Waals surface area (Å²) in [6.07, 6.45) is 6.76. The van der Waals surface area contributed by atoms with Crippen LogP contribution in [0.5, 0.6) is 0 Å². The van der Waals surface area contributed by atoms with Crippen LogP contribution in [0, 0.1) is 34.5 Å². The van der Waals surface area contributed by atoms with Crippen molar-refractivity contribution in [3.63, 3.8) is 0 Å². The van der Waals surface area contributed by atoms with Gasteiger partial charge in [0.1, 0.15) is 0 Å². The maximum absolute atomic E-state index is 12.0. The van der Waals surface area contributed by atoms with Gasteiger partial charge in [0.05, 0.1) is 30.3 Å². The van der Waals surface area contributed by atoms with Crippen molar-refractivity contribution in [2.24, 2.45) is 34.5 Å². The van der Waals surface area contributed by atoms with Crippen LogP contribution in [0.1, 0.15) is 71.1 Å². The van der Waals surface area contributed by atoms with E-state index in [0.29, 0.717) is 38.0 Å². The standard InChI is InChI=1S/C23H34O6/c1-20-6-3-16-17(4-8-22(27)11-13(25)2-7-21(16,22)12-24)23(20)9-5-15(20)14-10-18(26)28-19(14)29-23/h13-17,19,24-25,27H,2-12H2,1H3/t13-,14+,15+,16-,17+,19-,20+,21-,22+,23+/m0/s1. The van der Waals surface area contributed by atoms with Crippen LogP contribution in [0.25, 0.3) is 0 Å². The van der Waals surface area contributed by atoms with Crippen molar-refractivity contribution < 1.29 is 29.6 Å². The van der Waals surface area contributed by atoms with Crippen molar-refractivity contribution in [2.45, 2.75) is 94.7 Å². The third-order valence-electron chi connectivity index (χ3n) is 10.8. The van der Waals surface area contributed by atoms with Crippen LogP contribution >= 0.6 is 0 Å². The molecular formula is C23H34O6. The van der Waals surface area contributed by atoms with Crippen LogP contribution in [0.2, 0.25) is 0 Å². The lowest BCUT2D eigenvalue weighted by molar-refractivity contribution is -0.335. The van der Waals surface area contributed by atoms with E-state index in [2.05, 4.69) is 6.92 Å². The van der Waals surface area contributed by atoms with E-state index in [4.69, 9.17) is 9.47 Å². The third kappa shape index (κ3) is 2.05. The molecular weight excluding hydrogens is 372 g/mol. The smallest absolute Gasteiger partial charge is 0.308 e. The first-order chi connectivity index (χ1) is 13.8. The molecule has 4 aliphatic carbocycles. The molecule has 2 bridgehead atoms. The van der Waals surface area contributed by atoms with Gasteiger partial charge in [-0.1, -0.05) is 6.92 Å². The van der Waals surface area contributed by atoms with Crippen molar-refractivity contribution in [1.29, 1.82) is 0 Å². The Balaban J connectivity index is 1.42. The summed E-state index contributed by atoms with van der Waals surface area (Å²) in [6.45, 7) is 2.34. The maximum atomic E-state index is 12.0. The second kappa shape index (κ2) is 5.76. The van der Waals surface area contributed by atoms with Crippen molar-refractivity contribution >= 4 is 5.97 Å².